The smallest absolute Gasteiger partial charge is 0.356 e. The molecule has 0 amide bonds. The van der Waals surface area contributed by atoms with E-state index in [0.29, 0.717) is 17.0 Å². The predicted molar refractivity (Wildman–Crippen MR) is 76.7 cm³/mol. The maximum absolute atomic E-state index is 11.3. The van der Waals surface area contributed by atoms with Gasteiger partial charge < -0.3 is 10.8 Å². The number of imidazole rings is 1. The number of nitrogens with two attached hydrogens (primary N) is 1. The fraction of sp³-hybridized carbons (Fsp3) is 0.0667. The Morgan fingerprint density at radius 3 is 2.80 bits per heavy atom. The van der Waals surface area contributed by atoms with Crippen LogP contribution < -0.4 is 5.73 Å². The molecule has 5 nitrogen and oxygen atoms in total. The average Bonchev–Trinajstić information content (AvgIpc) is 2.77. The number of hydrogen-bond acceptors (Lipinski definition) is 3. The molecule has 5 heteroatoms. The molecule has 0 saturated carbocycles. The second kappa shape index (κ2) is 4.38. The molecule has 0 radical (unpaired) electrons. The van der Waals surface area contributed by atoms with Crippen molar-refractivity contribution in [2.45, 2.75) is 6.92 Å². The largest absolute Gasteiger partial charge is 0.476 e. The maximum atomic E-state index is 11.3. The Morgan fingerprint density at radius 1 is 1.30 bits per heavy atom. The van der Waals surface area contributed by atoms with E-state index in [1.165, 1.54) is 0 Å². The molecule has 0 aliphatic rings. The SMILES string of the molecule is Cc1cccc(-c2nc(C(=O)O)c3ccc(N)cn23)c1. The molecule has 0 aliphatic carbocycles. The Bertz CT molecular complexity index is 821. The van der Waals surface area contributed by atoms with Crippen molar-refractivity contribution in [1.29, 1.82) is 0 Å². The van der Waals surface area contributed by atoms with Gasteiger partial charge in [0.05, 0.1) is 5.52 Å². The number of benzene rings is 1. The van der Waals surface area contributed by atoms with Gasteiger partial charge in [-0.25, -0.2) is 9.78 Å². The molecule has 0 fully saturated rings. The number of nitrogen functional groups attached to an aromatic ring is 1. The van der Waals surface area contributed by atoms with E-state index in [-0.39, 0.29) is 5.69 Å². The normalized spacial score (nSPS) is 10.8. The number of carboxylic acids is 1. The van der Waals surface area contributed by atoms with Crippen molar-refractivity contribution < 1.29 is 9.90 Å². The maximum Gasteiger partial charge on any atom is 0.356 e. The molecule has 1 aromatic carbocycles. The van der Waals surface area contributed by atoms with Crippen LogP contribution in [0.2, 0.25) is 0 Å². The molecular weight excluding hydrogens is 254 g/mol. The second-order valence-corrected chi connectivity index (χ2v) is 4.68. The molecule has 0 bridgehead atoms. The standard InChI is InChI=1S/C15H13N3O2/c1-9-3-2-4-10(7-9)14-17-13(15(19)20)12-6-5-11(16)8-18(12)14/h2-8H,16H2,1H3,(H,19,20). The Hall–Kier alpha value is -2.82. The summed E-state index contributed by atoms with van der Waals surface area (Å²) < 4.78 is 1.72. The molecule has 0 saturated heterocycles. The molecule has 0 spiro atoms. The highest BCUT2D eigenvalue weighted by Crippen LogP contribution is 2.24. The number of anilines is 1. The highest BCUT2D eigenvalue weighted by molar-refractivity contribution is 5.95. The molecule has 3 aromatic rings. The van der Waals surface area contributed by atoms with Gasteiger partial charge in [0.2, 0.25) is 0 Å². The molecule has 0 atom stereocenters. The molecule has 100 valence electrons. The number of hydrogen-bond donors (Lipinski definition) is 2. The van der Waals surface area contributed by atoms with Crippen LogP contribution in [0.3, 0.4) is 0 Å². The fourth-order valence-corrected chi connectivity index (χ4v) is 2.25. The highest BCUT2D eigenvalue weighted by Gasteiger charge is 2.17. The van der Waals surface area contributed by atoms with E-state index in [1.807, 2.05) is 31.2 Å². The van der Waals surface area contributed by atoms with Gasteiger partial charge in [-0.3, -0.25) is 4.40 Å². The number of aromatic carboxylic acids is 1. The molecule has 0 unspecified atom stereocenters. The quantitative estimate of drug-likeness (QED) is 0.747. The van der Waals surface area contributed by atoms with Crippen LogP contribution in [-0.2, 0) is 0 Å². The van der Waals surface area contributed by atoms with Crippen LogP contribution in [-0.4, -0.2) is 20.5 Å². The summed E-state index contributed by atoms with van der Waals surface area (Å²) in [5, 5.41) is 9.26. The first kappa shape index (κ1) is 12.2. The number of pyridine rings is 1. The van der Waals surface area contributed by atoms with E-state index in [2.05, 4.69) is 4.98 Å². The van der Waals surface area contributed by atoms with Gasteiger partial charge in [-0.2, -0.15) is 0 Å². The fourth-order valence-electron chi connectivity index (χ4n) is 2.25. The highest BCUT2D eigenvalue weighted by atomic mass is 16.4. The monoisotopic (exact) mass is 267 g/mol. The van der Waals surface area contributed by atoms with Gasteiger partial charge in [-0.1, -0.05) is 23.8 Å². The minimum Gasteiger partial charge on any atom is -0.476 e. The molecule has 0 aliphatic heterocycles. The van der Waals surface area contributed by atoms with Crippen LogP contribution >= 0.6 is 0 Å². The first-order valence-corrected chi connectivity index (χ1v) is 6.14. The lowest BCUT2D eigenvalue weighted by Crippen LogP contribution is -1.97. The van der Waals surface area contributed by atoms with Gasteiger partial charge in [0, 0.05) is 17.4 Å². The van der Waals surface area contributed by atoms with Gasteiger partial charge in [0.25, 0.3) is 0 Å². The van der Waals surface area contributed by atoms with Gasteiger partial charge >= 0.3 is 5.97 Å². The summed E-state index contributed by atoms with van der Waals surface area (Å²) in [4.78, 5) is 15.6. The van der Waals surface area contributed by atoms with Crippen LogP contribution in [0.25, 0.3) is 16.9 Å². The predicted octanol–water partition coefficient (Wildman–Crippen LogP) is 2.59. The lowest BCUT2D eigenvalue weighted by Gasteiger charge is -2.03. The Kier molecular flexibility index (Phi) is 2.68. The lowest BCUT2D eigenvalue weighted by atomic mass is 10.1. The summed E-state index contributed by atoms with van der Waals surface area (Å²) in [5.74, 6) is -0.473. The van der Waals surface area contributed by atoms with Crippen LogP contribution in [0, 0.1) is 6.92 Å². The van der Waals surface area contributed by atoms with E-state index in [0.717, 1.165) is 11.1 Å². The Morgan fingerprint density at radius 2 is 2.10 bits per heavy atom. The number of rotatable bonds is 2. The summed E-state index contributed by atoms with van der Waals surface area (Å²) in [7, 11) is 0. The third-order valence-electron chi connectivity index (χ3n) is 3.14. The zero-order valence-electron chi connectivity index (χ0n) is 10.9. The van der Waals surface area contributed by atoms with E-state index in [1.54, 1.807) is 22.7 Å². The lowest BCUT2D eigenvalue weighted by molar-refractivity contribution is 0.0693. The van der Waals surface area contributed by atoms with Crippen molar-refractivity contribution in [2.24, 2.45) is 0 Å². The third-order valence-corrected chi connectivity index (χ3v) is 3.14. The second-order valence-electron chi connectivity index (χ2n) is 4.68. The van der Waals surface area contributed by atoms with E-state index >= 15 is 0 Å². The van der Waals surface area contributed by atoms with Crippen LogP contribution in [0.4, 0.5) is 5.69 Å². The van der Waals surface area contributed by atoms with Crippen molar-refractivity contribution in [3.63, 3.8) is 0 Å². The molecule has 3 N–H and O–H groups in total. The summed E-state index contributed by atoms with van der Waals surface area (Å²) in [6, 6.07) is 11.1. The van der Waals surface area contributed by atoms with Gasteiger partial charge in [0.1, 0.15) is 5.82 Å². The molecule has 2 aromatic heterocycles. The third kappa shape index (κ3) is 1.89. The zero-order valence-corrected chi connectivity index (χ0v) is 10.9. The van der Waals surface area contributed by atoms with Crippen LogP contribution in [0.1, 0.15) is 16.1 Å². The van der Waals surface area contributed by atoms with Gasteiger partial charge in [-0.05, 0) is 25.1 Å². The Labute approximate surface area is 115 Å². The summed E-state index contributed by atoms with van der Waals surface area (Å²) >= 11 is 0. The van der Waals surface area contributed by atoms with Crippen molar-refractivity contribution in [1.82, 2.24) is 9.38 Å². The number of carbonyl (C=O) groups is 1. The summed E-state index contributed by atoms with van der Waals surface area (Å²) in [5.41, 5.74) is 8.85. The first-order chi connectivity index (χ1) is 9.56. The Balaban J connectivity index is 2.35. The van der Waals surface area contributed by atoms with Crippen LogP contribution in [0.5, 0.6) is 0 Å². The summed E-state index contributed by atoms with van der Waals surface area (Å²) in [6.45, 7) is 1.98. The molecule has 20 heavy (non-hydrogen) atoms. The van der Waals surface area contributed by atoms with Crippen molar-refractivity contribution in [3.05, 3.63) is 53.9 Å². The zero-order chi connectivity index (χ0) is 14.3. The molecular formula is C15H13N3O2. The number of fused-ring (bicyclic) bond motifs is 1. The van der Waals surface area contributed by atoms with Gasteiger partial charge in [-0.15, -0.1) is 0 Å². The minimum atomic E-state index is -1.05. The van der Waals surface area contributed by atoms with Crippen LogP contribution in [0.15, 0.2) is 42.6 Å². The number of nitrogens with zero attached hydrogens (tertiary/aromatic N) is 2. The number of aryl methyl sites for hydroxylation is 1. The number of aromatic nitrogens is 2. The average molecular weight is 267 g/mol. The van der Waals surface area contributed by atoms with Crippen molar-refractivity contribution in [3.8, 4) is 11.4 Å². The minimum absolute atomic E-state index is 0.0292. The molecule has 3 rings (SSSR count). The van der Waals surface area contributed by atoms with Crippen molar-refractivity contribution in [2.75, 3.05) is 5.73 Å². The van der Waals surface area contributed by atoms with E-state index < -0.39 is 5.97 Å². The number of carboxylic acid groups (broad SMARTS) is 1. The first-order valence-electron chi connectivity index (χ1n) is 6.14. The molecule has 2 heterocycles. The van der Waals surface area contributed by atoms with E-state index in [9.17, 15) is 9.90 Å². The summed E-state index contributed by atoms with van der Waals surface area (Å²) in [6.07, 6.45) is 1.69. The topological polar surface area (TPSA) is 80.6 Å². The van der Waals surface area contributed by atoms with E-state index in [4.69, 9.17) is 5.73 Å². The van der Waals surface area contributed by atoms with Gasteiger partial charge in [0.15, 0.2) is 5.69 Å². The van der Waals surface area contributed by atoms with Crippen molar-refractivity contribution >= 4 is 17.2 Å².